The molecule has 0 aliphatic rings. The molecule has 0 aliphatic heterocycles. The molecule has 3 rings (SSSR count). The third-order valence-corrected chi connectivity index (χ3v) is 4.86. The van der Waals surface area contributed by atoms with Crippen LogP contribution >= 0.6 is 23.4 Å². The molecule has 25 heavy (non-hydrogen) atoms. The van der Waals surface area contributed by atoms with Crippen molar-refractivity contribution in [3.05, 3.63) is 63.0 Å². The minimum absolute atomic E-state index is 0.262. The molecule has 0 amide bonds. The van der Waals surface area contributed by atoms with E-state index in [0.717, 1.165) is 16.0 Å². The van der Waals surface area contributed by atoms with Crippen LogP contribution in [0.4, 0.5) is 0 Å². The molecule has 0 saturated carbocycles. The van der Waals surface area contributed by atoms with Gasteiger partial charge in [0.25, 0.3) is 0 Å². The first-order valence-electron chi connectivity index (χ1n) is 7.55. The molecule has 6 nitrogen and oxygen atoms in total. The van der Waals surface area contributed by atoms with Crippen LogP contribution in [0.2, 0.25) is 5.02 Å². The Morgan fingerprint density at radius 3 is 2.68 bits per heavy atom. The minimum atomic E-state index is -0.312. The highest BCUT2D eigenvalue weighted by Gasteiger charge is 2.15. The van der Waals surface area contributed by atoms with E-state index < -0.39 is 0 Å². The van der Waals surface area contributed by atoms with Gasteiger partial charge in [-0.2, -0.15) is 9.36 Å². The fraction of sp³-hybridized carbons (Fsp3) is 0.235. The first kappa shape index (κ1) is 17.6. The largest absolute Gasteiger partial charge is 0.487 e. The molecule has 0 unspecified atom stereocenters. The lowest BCUT2D eigenvalue weighted by molar-refractivity contribution is 0.303. The van der Waals surface area contributed by atoms with E-state index in [-0.39, 0.29) is 12.3 Å². The van der Waals surface area contributed by atoms with E-state index >= 15 is 0 Å². The summed E-state index contributed by atoms with van der Waals surface area (Å²) in [6, 6.07) is 11.3. The highest BCUT2D eigenvalue weighted by molar-refractivity contribution is 7.98. The smallest absolute Gasteiger partial charge is 0.368 e. The van der Waals surface area contributed by atoms with Crippen molar-refractivity contribution in [2.45, 2.75) is 18.4 Å². The van der Waals surface area contributed by atoms with Gasteiger partial charge < -0.3 is 4.74 Å². The van der Waals surface area contributed by atoms with Crippen LogP contribution in [-0.4, -0.2) is 26.0 Å². The molecule has 0 spiro atoms. The second-order valence-electron chi connectivity index (χ2n) is 5.48. The van der Waals surface area contributed by atoms with Gasteiger partial charge in [0.2, 0.25) is 0 Å². The summed E-state index contributed by atoms with van der Waals surface area (Å²) < 4.78 is 8.37. The van der Waals surface area contributed by atoms with Crippen molar-refractivity contribution in [1.29, 1.82) is 0 Å². The summed E-state index contributed by atoms with van der Waals surface area (Å²) in [4.78, 5) is 13.2. The van der Waals surface area contributed by atoms with Crippen LogP contribution in [0.25, 0.3) is 5.69 Å². The Labute approximate surface area is 154 Å². The average Bonchev–Trinajstić information content (AvgIpc) is 2.93. The van der Waals surface area contributed by atoms with E-state index in [1.807, 2.05) is 49.6 Å². The summed E-state index contributed by atoms with van der Waals surface area (Å²) in [5.74, 6) is 0.598. The summed E-state index contributed by atoms with van der Waals surface area (Å²) in [6.45, 7) is 2.23. The first-order chi connectivity index (χ1) is 12.0. The van der Waals surface area contributed by atoms with Gasteiger partial charge in [-0.05, 0) is 53.4 Å². The molecule has 2 aromatic carbocycles. The Hall–Kier alpha value is -2.25. The number of tetrazole rings is 1. The zero-order valence-electron chi connectivity index (χ0n) is 14.1. The summed E-state index contributed by atoms with van der Waals surface area (Å²) in [5, 5.41) is 8.27. The lowest BCUT2D eigenvalue weighted by atomic mass is 10.2. The van der Waals surface area contributed by atoms with Crippen molar-refractivity contribution in [3.63, 3.8) is 0 Å². The summed E-state index contributed by atoms with van der Waals surface area (Å²) in [6.07, 6.45) is 1.97. The number of aryl methyl sites for hydroxylation is 2. The van der Waals surface area contributed by atoms with Crippen LogP contribution < -0.4 is 10.4 Å². The number of aromatic nitrogens is 4. The summed E-state index contributed by atoms with van der Waals surface area (Å²) >= 11 is 7.82. The molecule has 8 heteroatoms. The first-order valence-corrected chi connectivity index (χ1v) is 9.15. The molecule has 130 valence electrons. The monoisotopic (exact) mass is 376 g/mol. The van der Waals surface area contributed by atoms with Crippen molar-refractivity contribution in [1.82, 2.24) is 19.8 Å². The number of thioether (sulfide) groups is 1. The molecule has 3 aromatic rings. The molecule has 0 saturated heterocycles. The number of hydrogen-bond donors (Lipinski definition) is 0. The predicted octanol–water partition coefficient (Wildman–Crippen LogP) is 3.23. The highest BCUT2D eigenvalue weighted by atomic mass is 35.5. The van der Waals surface area contributed by atoms with Gasteiger partial charge in [-0.15, -0.1) is 11.8 Å². The number of nitrogens with zero attached hydrogens (tertiary/aromatic N) is 4. The van der Waals surface area contributed by atoms with E-state index in [1.54, 1.807) is 18.8 Å². The highest BCUT2D eigenvalue weighted by Crippen LogP contribution is 2.30. The van der Waals surface area contributed by atoms with Crippen molar-refractivity contribution in [3.8, 4) is 11.4 Å². The van der Waals surface area contributed by atoms with Gasteiger partial charge in [-0.1, -0.05) is 23.7 Å². The van der Waals surface area contributed by atoms with Gasteiger partial charge in [0.1, 0.15) is 12.4 Å². The minimum Gasteiger partial charge on any atom is -0.487 e. The van der Waals surface area contributed by atoms with Crippen LogP contribution in [0.15, 0.2) is 46.1 Å². The van der Waals surface area contributed by atoms with E-state index in [4.69, 9.17) is 16.3 Å². The second-order valence-corrected chi connectivity index (χ2v) is 6.73. The fourth-order valence-electron chi connectivity index (χ4n) is 2.43. The van der Waals surface area contributed by atoms with Gasteiger partial charge in [-0.3, -0.25) is 0 Å². The second kappa shape index (κ2) is 7.33. The SMILES string of the molecule is CSc1cccc(-n2nnn(C)c2=O)c1COc1ccc(C)cc1Cl. The van der Waals surface area contributed by atoms with Crippen molar-refractivity contribution in [2.75, 3.05) is 6.26 Å². The third kappa shape index (κ3) is 3.57. The van der Waals surface area contributed by atoms with Crippen molar-refractivity contribution >= 4 is 23.4 Å². The Morgan fingerprint density at radius 2 is 2.04 bits per heavy atom. The Balaban J connectivity index is 1.99. The maximum atomic E-state index is 12.2. The van der Waals surface area contributed by atoms with Crippen molar-refractivity contribution in [2.24, 2.45) is 7.05 Å². The van der Waals surface area contributed by atoms with Gasteiger partial charge >= 0.3 is 5.69 Å². The molecule has 0 atom stereocenters. The van der Waals surface area contributed by atoms with Gasteiger partial charge in [0, 0.05) is 17.5 Å². The molecule has 1 aromatic heterocycles. The Bertz CT molecular complexity index is 968. The lowest BCUT2D eigenvalue weighted by Crippen LogP contribution is -2.23. The third-order valence-electron chi connectivity index (χ3n) is 3.74. The molecule has 0 fully saturated rings. The maximum Gasteiger partial charge on any atom is 0.368 e. The van der Waals surface area contributed by atoms with Crippen LogP contribution in [-0.2, 0) is 13.7 Å². The number of ether oxygens (including phenoxy) is 1. The maximum absolute atomic E-state index is 12.2. The predicted molar refractivity (Wildman–Crippen MR) is 98.9 cm³/mol. The van der Waals surface area contributed by atoms with E-state index in [2.05, 4.69) is 10.4 Å². The van der Waals surface area contributed by atoms with Crippen LogP contribution in [0.1, 0.15) is 11.1 Å². The molecule has 0 bridgehead atoms. The van der Waals surface area contributed by atoms with E-state index in [0.29, 0.717) is 16.5 Å². The quantitative estimate of drug-likeness (QED) is 0.640. The number of hydrogen-bond acceptors (Lipinski definition) is 5. The number of benzene rings is 2. The summed E-state index contributed by atoms with van der Waals surface area (Å²) in [7, 11) is 1.56. The molecule has 0 aliphatic carbocycles. The fourth-order valence-corrected chi connectivity index (χ4v) is 3.34. The van der Waals surface area contributed by atoms with Crippen molar-refractivity contribution < 1.29 is 4.74 Å². The van der Waals surface area contributed by atoms with E-state index in [9.17, 15) is 4.79 Å². The number of rotatable bonds is 5. The lowest BCUT2D eigenvalue weighted by Gasteiger charge is -2.14. The normalized spacial score (nSPS) is 10.9. The van der Waals surface area contributed by atoms with Crippen LogP contribution in [0, 0.1) is 6.92 Å². The Morgan fingerprint density at radius 1 is 1.24 bits per heavy atom. The molecular weight excluding hydrogens is 360 g/mol. The van der Waals surface area contributed by atoms with E-state index in [1.165, 1.54) is 9.36 Å². The molecule has 1 heterocycles. The zero-order valence-corrected chi connectivity index (χ0v) is 15.6. The van der Waals surface area contributed by atoms with Gasteiger partial charge in [0.05, 0.1) is 10.7 Å². The van der Waals surface area contributed by atoms with Crippen LogP contribution in [0.5, 0.6) is 5.75 Å². The Kier molecular flexibility index (Phi) is 5.15. The number of halogens is 1. The molecule has 0 radical (unpaired) electrons. The van der Waals surface area contributed by atoms with Crippen LogP contribution in [0.3, 0.4) is 0 Å². The standard InChI is InChI=1S/C17H17ClN4O2S/c1-11-7-8-15(13(18)9-11)24-10-12-14(5-4-6-16(12)25-3)22-17(23)21(2)19-20-22/h4-9H,10H2,1-3H3. The topological polar surface area (TPSA) is 61.9 Å². The molecule has 0 N–H and O–H groups in total. The summed E-state index contributed by atoms with van der Waals surface area (Å²) in [5.41, 5.74) is 2.25. The van der Waals surface area contributed by atoms with Gasteiger partial charge in [0.15, 0.2) is 0 Å². The average molecular weight is 377 g/mol. The zero-order chi connectivity index (χ0) is 18.0. The molecular formula is C17H17ClN4O2S. The van der Waals surface area contributed by atoms with Gasteiger partial charge in [-0.25, -0.2) is 4.79 Å².